The molecule has 0 spiro atoms. The number of nitrogens with zero attached hydrogens (tertiary/aromatic N) is 7. The van der Waals surface area contributed by atoms with E-state index in [1.54, 1.807) is 23.9 Å². The number of amides is 1. The number of carbonyl (C=O) groups excluding carboxylic acids is 1. The van der Waals surface area contributed by atoms with Crippen LogP contribution in [0.3, 0.4) is 0 Å². The number of fused-ring (bicyclic) bond motifs is 1. The third kappa shape index (κ3) is 3.73. The number of para-hydroxylation sites is 1. The van der Waals surface area contributed by atoms with E-state index in [-0.39, 0.29) is 22.1 Å². The second kappa shape index (κ2) is 8.37. The summed E-state index contributed by atoms with van der Waals surface area (Å²) in [7, 11) is 0. The number of nitrogens with one attached hydrogen (secondary N) is 1. The Balaban J connectivity index is 1.57. The van der Waals surface area contributed by atoms with Gasteiger partial charge >= 0.3 is 0 Å². The van der Waals surface area contributed by atoms with Gasteiger partial charge in [0, 0.05) is 17.2 Å². The number of hydrogen-bond acceptors (Lipinski definition) is 7. The van der Waals surface area contributed by atoms with Crippen LogP contribution in [0.2, 0.25) is 5.02 Å². The van der Waals surface area contributed by atoms with Crippen molar-refractivity contribution in [1.29, 1.82) is 0 Å². The summed E-state index contributed by atoms with van der Waals surface area (Å²) in [5, 5.41) is 23.7. The monoisotopic (exact) mass is 474 g/mol. The molecule has 0 radical (unpaired) electrons. The summed E-state index contributed by atoms with van der Waals surface area (Å²) in [5.74, 6) is -0.0546. The lowest BCUT2D eigenvalue weighted by Crippen LogP contribution is -2.17. The summed E-state index contributed by atoms with van der Waals surface area (Å²) < 4.78 is 3.11. The molecule has 0 aliphatic carbocycles. The Morgan fingerprint density at radius 1 is 1.09 bits per heavy atom. The molecule has 2 aromatic carbocycles. The molecule has 0 aliphatic rings. The van der Waals surface area contributed by atoms with Gasteiger partial charge in [-0.3, -0.25) is 14.9 Å². The summed E-state index contributed by atoms with van der Waals surface area (Å²) in [6.07, 6.45) is 2.99. The van der Waals surface area contributed by atoms with Crippen molar-refractivity contribution in [2.45, 2.75) is 6.92 Å². The van der Waals surface area contributed by atoms with E-state index in [1.165, 1.54) is 29.2 Å². The standard InChI is InChI=1S/C22H15ClN8O3/c1-13-9-19(27-22(32)16-10-14(23)7-8-18(16)31(33)34)30(28-13)21-17-11-26-29(20(17)24-12-25-21)15-5-3-2-4-6-15/h2-12H,1H3,(H,27,32). The molecule has 1 amide bonds. The van der Waals surface area contributed by atoms with Gasteiger partial charge in [0.25, 0.3) is 11.6 Å². The molecule has 12 heteroatoms. The molecule has 0 unspecified atom stereocenters. The fourth-order valence-corrected chi connectivity index (χ4v) is 3.71. The number of carbonyl (C=O) groups is 1. The maximum Gasteiger partial charge on any atom is 0.282 e. The quantitative estimate of drug-likeness (QED) is 0.299. The molecular weight excluding hydrogens is 460 g/mol. The molecule has 3 heterocycles. The summed E-state index contributed by atoms with van der Waals surface area (Å²) in [6, 6.07) is 14.9. The number of anilines is 1. The zero-order valence-electron chi connectivity index (χ0n) is 17.6. The van der Waals surface area contributed by atoms with Gasteiger partial charge in [0.2, 0.25) is 0 Å². The number of benzene rings is 2. The van der Waals surface area contributed by atoms with Gasteiger partial charge in [-0.2, -0.15) is 14.9 Å². The van der Waals surface area contributed by atoms with Crippen molar-refractivity contribution in [3.05, 3.63) is 93.5 Å². The molecule has 34 heavy (non-hydrogen) atoms. The van der Waals surface area contributed by atoms with Crippen LogP contribution in [0.1, 0.15) is 16.1 Å². The minimum absolute atomic E-state index is 0.173. The summed E-state index contributed by atoms with van der Waals surface area (Å²) in [4.78, 5) is 32.4. The minimum Gasteiger partial charge on any atom is -0.306 e. The van der Waals surface area contributed by atoms with Gasteiger partial charge in [-0.1, -0.05) is 29.8 Å². The molecule has 0 aliphatic heterocycles. The van der Waals surface area contributed by atoms with Crippen LogP contribution in [0, 0.1) is 17.0 Å². The number of rotatable bonds is 5. The van der Waals surface area contributed by atoms with Crippen LogP contribution < -0.4 is 5.32 Å². The highest BCUT2D eigenvalue weighted by molar-refractivity contribution is 6.31. The molecule has 0 bridgehead atoms. The summed E-state index contributed by atoms with van der Waals surface area (Å²) >= 11 is 5.97. The molecule has 5 rings (SSSR count). The first kappa shape index (κ1) is 21.2. The fourth-order valence-electron chi connectivity index (χ4n) is 3.54. The molecule has 0 saturated carbocycles. The van der Waals surface area contributed by atoms with Crippen LogP contribution in [0.5, 0.6) is 0 Å². The maximum absolute atomic E-state index is 13.0. The molecule has 168 valence electrons. The van der Waals surface area contributed by atoms with E-state index in [1.807, 2.05) is 30.3 Å². The topological polar surface area (TPSA) is 134 Å². The SMILES string of the molecule is Cc1cc(NC(=O)c2cc(Cl)ccc2[N+](=O)[O-])n(-c2ncnc3c2cnn3-c2ccccc2)n1. The van der Waals surface area contributed by atoms with Crippen LogP contribution in [-0.2, 0) is 0 Å². The van der Waals surface area contributed by atoms with Crippen molar-refractivity contribution in [2.24, 2.45) is 0 Å². The van der Waals surface area contributed by atoms with Crippen molar-refractivity contribution < 1.29 is 9.72 Å². The van der Waals surface area contributed by atoms with Crippen LogP contribution >= 0.6 is 11.6 Å². The second-order valence-electron chi connectivity index (χ2n) is 7.28. The van der Waals surface area contributed by atoms with Gasteiger partial charge in [0.05, 0.1) is 27.9 Å². The lowest BCUT2D eigenvalue weighted by Gasteiger charge is -2.10. The van der Waals surface area contributed by atoms with Gasteiger partial charge in [0.15, 0.2) is 11.5 Å². The van der Waals surface area contributed by atoms with Gasteiger partial charge in [-0.25, -0.2) is 14.6 Å². The van der Waals surface area contributed by atoms with Crippen LogP contribution in [0.25, 0.3) is 22.5 Å². The van der Waals surface area contributed by atoms with Gasteiger partial charge in [-0.15, -0.1) is 0 Å². The van der Waals surface area contributed by atoms with E-state index in [4.69, 9.17) is 11.6 Å². The van der Waals surface area contributed by atoms with E-state index < -0.39 is 10.8 Å². The zero-order chi connectivity index (χ0) is 23.8. The average molecular weight is 475 g/mol. The first-order valence-corrected chi connectivity index (χ1v) is 10.4. The Morgan fingerprint density at radius 3 is 2.65 bits per heavy atom. The first-order chi connectivity index (χ1) is 16.4. The molecule has 0 saturated heterocycles. The number of nitro groups is 1. The van der Waals surface area contributed by atoms with Gasteiger partial charge in [0.1, 0.15) is 17.7 Å². The van der Waals surface area contributed by atoms with Crippen LogP contribution in [0.15, 0.2) is 67.1 Å². The number of aromatic nitrogens is 6. The van der Waals surface area contributed by atoms with Crippen LogP contribution in [0.4, 0.5) is 11.5 Å². The summed E-state index contributed by atoms with van der Waals surface area (Å²) in [5.41, 5.74) is 1.43. The largest absolute Gasteiger partial charge is 0.306 e. The highest BCUT2D eigenvalue weighted by atomic mass is 35.5. The molecule has 5 aromatic rings. The Bertz CT molecular complexity index is 1560. The third-order valence-electron chi connectivity index (χ3n) is 5.02. The molecule has 3 aromatic heterocycles. The van der Waals surface area contributed by atoms with E-state index in [2.05, 4.69) is 25.5 Å². The van der Waals surface area contributed by atoms with E-state index in [0.29, 0.717) is 22.5 Å². The Kier molecular flexibility index (Phi) is 5.22. The van der Waals surface area contributed by atoms with Gasteiger partial charge < -0.3 is 5.32 Å². The minimum atomic E-state index is -0.708. The third-order valence-corrected chi connectivity index (χ3v) is 5.25. The van der Waals surface area contributed by atoms with E-state index in [0.717, 1.165) is 5.69 Å². The molecular formula is C22H15ClN8O3. The molecule has 11 nitrogen and oxygen atoms in total. The lowest BCUT2D eigenvalue weighted by atomic mass is 10.1. The number of halogens is 1. The number of hydrogen-bond donors (Lipinski definition) is 1. The van der Waals surface area contributed by atoms with Gasteiger partial charge in [-0.05, 0) is 31.2 Å². The van der Waals surface area contributed by atoms with Crippen molar-refractivity contribution in [3.63, 3.8) is 0 Å². The number of aryl methyl sites for hydroxylation is 1. The number of nitro benzene ring substituents is 1. The lowest BCUT2D eigenvalue weighted by molar-refractivity contribution is -0.385. The van der Waals surface area contributed by atoms with E-state index >= 15 is 0 Å². The highest BCUT2D eigenvalue weighted by Gasteiger charge is 2.23. The smallest absolute Gasteiger partial charge is 0.282 e. The predicted octanol–water partition coefficient (Wildman–Crippen LogP) is 4.12. The van der Waals surface area contributed by atoms with E-state index in [9.17, 15) is 14.9 Å². The average Bonchev–Trinajstić information content (AvgIpc) is 3.42. The van der Waals surface area contributed by atoms with Crippen LogP contribution in [-0.4, -0.2) is 40.4 Å². The second-order valence-corrected chi connectivity index (χ2v) is 7.72. The Labute approximate surface area is 196 Å². The van der Waals surface area contributed by atoms with Crippen molar-refractivity contribution in [2.75, 3.05) is 5.32 Å². The van der Waals surface area contributed by atoms with Crippen molar-refractivity contribution in [1.82, 2.24) is 29.5 Å². The normalized spacial score (nSPS) is 11.0. The fraction of sp³-hybridized carbons (Fsp3) is 0.0455. The predicted molar refractivity (Wildman–Crippen MR) is 125 cm³/mol. The summed E-state index contributed by atoms with van der Waals surface area (Å²) in [6.45, 7) is 1.75. The maximum atomic E-state index is 13.0. The Morgan fingerprint density at radius 2 is 1.88 bits per heavy atom. The van der Waals surface area contributed by atoms with Crippen molar-refractivity contribution in [3.8, 4) is 11.5 Å². The molecule has 0 fully saturated rings. The Hall–Kier alpha value is -4.64. The first-order valence-electron chi connectivity index (χ1n) is 9.99. The highest BCUT2D eigenvalue weighted by Crippen LogP contribution is 2.27. The zero-order valence-corrected chi connectivity index (χ0v) is 18.3. The molecule has 0 atom stereocenters. The van der Waals surface area contributed by atoms with Crippen molar-refractivity contribution >= 4 is 40.0 Å². The molecule has 1 N–H and O–H groups in total.